The summed E-state index contributed by atoms with van der Waals surface area (Å²) in [5.74, 6) is 0.0584. The van der Waals surface area contributed by atoms with Crippen LogP contribution in [0.3, 0.4) is 0 Å². The molecule has 0 heterocycles. The summed E-state index contributed by atoms with van der Waals surface area (Å²) in [6.07, 6.45) is 1.86. The Balaban J connectivity index is 2.40. The Morgan fingerprint density at radius 3 is 2.33 bits per heavy atom. The van der Waals surface area contributed by atoms with Crippen LogP contribution in [0.5, 0.6) is 0 Å². The number of nitrogens with one attached hydrogen (secondary N) is 1. The Morgan fingerprint density at radius 2 is 2.00 bits per heavy atom. The molecule has 1 aliphatic rings. The van der Waals surface area contributed by atoms with Crippen LogP contribution >= 0.6 is 0 Å². The molecule has 0 spiro atoms. The monoisotopic (exact) mass is 173 g/mol. The van der Waals surface area contributed by atoms with E-state index in [1.807, 2.05) is 0 Å². The van der Waals surface area contributed by atoms with E-state index in [-0.39, 0.29) is 25.0 Å². The zero-order valence-electron chi connectivity index (χ0n) is 7.21. The first kappa shape index (κ1) is 9.48. The first-order chi connectivity index (χ1) is 5.61. The lowest BCUT2D eigenvalue weighted by Gasteiger charge is -2.26. The number of carbonyl (C=O) groups is 1. The van der Waals surface area contributed by atoms with Crippen LogP contribution in [-0.4, -0.2) is 34.9 Å². The topological polar surface area (TPSA) is 69.6 Å². The normalized spacial score (nSPS) is 17.6. The standard InChI is InChI=1S/C8H15NO3/c1-8(4-10,5-11)9-7(12)6-2-3-6/h6,10-11H,2-5H2,1H3,(H,9,12). The van der Waals surface area contributed by atoms with Crippen LogP contribution < -0.4 is 5.32 Å². The first-order valence-corrected chi connectivity index (χ1v) is 4.15. The fourth-order valence-corrected chi connectivity index (χ4v) is 0.874. The number of carbonyl (C=O) groups excluding carboxylic acids is 1. The van der Waals surface area contributed by atoms with Crippen LogP contribution in [0.15, 0.2) is 0 Å². The molecule has 1 rings (SSSR count). The molecule has 12 heavy (non-hydrogen) atoms. The smallest absolute Gasteiger partial charge is 0.223 e. The molecule has 4 nitrogen and oxygen atoms in total. The quantitative estimate of drug-likeness (QED) is 0.524. The van der Waals surface area contributed by atoms with Gasteiger partial charge in [-0.25, -0.2) is 0 Å². The maximum atomic E-state index is 11.2. The minimum absolute atomic E-state index is 0.0550. The Morgan fingerprint density at radius 1 is 1.50 bits per heavy atom. The lowest BCUT2D eigenvalue weighted by Crippen LogP contribution is -2.52. The molecule has 0 saturated heterocycles. The summed E-state index contributed by atoms with van der Waals surface area (Å²) >= 11 is 0. The second-order valence-corrected chi connectivity index (χ2v) is 3.64. The number of hydrogen-bond acceptors (Lipinski definition) is 3. The van der Waals surface area contributed by atoms with E-state index in [0.29, 0.717) is 0 Å². The molecule has 0 aromatic carbocycles. The predicted octanol–water partition coefficient (Wildman–Crippen LogP) is -0.744. The summed E-state index contributed by atoms with van der Waals surface area (Å²) < 4.78 is 0. The highest BCUT2D eigenvalue weighted by molar-refractivity contribution is 5.81. The fourth-order valence-electron chi connectivity index (χ4n) is 0.874. The first-order valence-electron chi connectivity index (χ1n) is 4.15. The lowest BCUT2D eigenvalue weighted by molar-refractivity contribution is -0.125. The third-order valence-corrected chi connectivity index (χ3v) is 2.07. The molecule has 0 aromatic heterocycles. The average molecular weight is 173 g/mol. The zero-order chi connectivity index (χ0) is 9.19. The molecule has 1 fully saturated rings. The van der Waals surface area contributed by atoms with Gasteiger partial charge in [-0.2, -0.15) is 0 Å². The molecule has 1 amide bonds. The fraction of sp³-hybridized carbons (Fsp3) is 0.875. The van der Waals surface area contributed by atoms with Crippen LogP contribution in [0.25, 0.3) is 0 Å². The van der Waals surface area contributed by atoms with Crippen molar-refractivity contribution in [3.8, 4) is 0 Å². The predicted molar refractivity (Wildman–Crippen MR) is 43.4 cm³/mol. The molecule has 0 radical (unpaired) electrons. The van der Waals surface area contributed by atoms with Gasteiger partial charge < -0.3 is 15.5 Å². The number of amides is 1. The molecule has 4 heteroatoms. The van der Waals surface area contributed by atoms with Gasteiger partial charge in [0, 0.05) is 5.92 Å². The van der Waals surface area contributed by atoms with Crippen LogP contribution in [-0.2, 0) is 4.79 Å². The van der Waals surface area contributed by atoms with Crippen molar-refractivity contribution in [3.05, 3.63) is 0 Å². The molecular weight excluding hydrogens is 158 g/mol. The third-order valence-electron chi connectivity index (χ3n) is 2.07. The van der Waals surface area contributed by atoms with Gasteiger partial charge in [0.25, 0.3) is 0 Å². The maximum absolute atomic E-state index is 11.2. The SMILES string of the molecule is CC(CO)(CO)NC(=O)C1CC1. The summed E-state index contributed by atoms with van der Waals surface area (Å²) in [5, 5.41) is 20.3. The van der Waals surface area contributed by atoms with E-state index in [9.17, 15) is 4.79 Å². The van der Waals surface area contributed by atoms with Gasteiger partial charge in [0.2, 0.25) is 5.91 Å². The van der Waals surface area contributed by atoms with E-state index in [0.717, 1.165) is 12.8 Å². The molecule has 1 aliphatic carbocycles. The highest BCUT2D eigenvalue weighted by atomic mass is 16.3. The minimum atomic E-state index is -0.861. The number of rotatable bonds is 4. The van der Waals surface area contributed by atoms with Crippen molar-refractivity contribution >= 4 is 5.91 Å². The summed E-state index contributed by atoms with van der Waals surface area (Å²) in [7, 11) is 0. The second kappa shape index (κ2) is 3.41. The summed E-state index contributed by atoms with van der Waals surface area (Å²) in [5.41, 5.74) is -0.861. The molecular formula is C8H15NO3. The van der Waals surface area contributed by atoms with Crippen LogP contribution in [0.4, 0.5) is 0 Å². The van der Waals surface area contributed by atoms with Crippen molar-refractivity contribution in [3.63, 3.8) is 0 Å². The van der Waals surface area contributed by atoms with E-state index >= 15 is 0 Å². The van der Waals surface area contributed by atoms with Crippen molar-refractivity contribution < 1.29 is 15.0 Å². The maximum Gasteiger partial charge on any atom is 0.223 e. The van der Waals surface area contributed by atoms with Crippen molar-refractivity contribution in [2.75, 3.05) is 13.2 Å². The number of aliphatic hydroxyl groups is 2. The van der Waals surface area contributed by atoms with Gasteiger partial charge in [0.15, 0.2) is 0 Å². The molecule has 3 N–H and O–H groups in total. The molecule has 1 saturated carbocycles. The van der Waals surface area contributed by atoms with Crippen molar-refractivity contribution in [2.24, 2.45) is 5.92 Å². The van der Waals surface area contributed by atoms with E-state index in [2.05, 4.69) is 5.32 Å². The Hall–Kier alpha value is -0.610. The third kappa shape index (κ3) is 2.19. The van der Waals surface area contributed by atoms with E-state index in [1.165, 1.54) is 0 Å². The Bertz CT molecular complexity index is 173. The molecule has 0 unspecified atom stereocenters. The van der Waals surface area contributed by atoms with Crippen LogP contribution in [0.1, 0.15) is 19.8 Å². The van der Waals surface area contributed by atoms with Crippen molar-refractivity contribution in [1.29, 1.82) is 0 Å². The average Bonchev–Trinajstić information content (AvgIpc) is 2.86. The van der Waals surface area contributed by atoms with Crippen LogP contribution in [0, 0.1) is 5.92 Å². The molecule has 0 bridgehead atoms. The number of aliphatic hydroxyl groups excluding tert-OH is 2. The van der Waals surface area contributed by atoms with Gasteiger partial charge in [-0.15, -0.1) is 0 Å². The molecule has 0 aromatic rings. The van der Waals surface area contributed by atoms with Crippen LogP contribution in [0.2, 0.25) is 0 Å². The van der Waals surface area contributed by atoms with Gasteiger partial charge in [0.05, 0.1) is 18.8 Å². The molecule has 0 aliphatic heterocycles. The van der Waals surface area contributed by atoms with Crippen molar-refractivity contribution in [1.82, 2.24) is 5.32 Å². The molecule has 0 atom stereocenters. The molecule has 70 valence electrons. The van der Waals surface area contributed by atoms with Gasteiger partial charge >= 0.3 is 0 Å². The Kier molecular flexibility index (Phi) is 2.69. The largest absolute Gasteiger partial charge is 0.394 e. The highest BCUT2D eigenvalue weighted by Crippen LogP contribution is 2.29. The van der Waals surface area contributed by atoms with E-state index < -0.39 is 5.54 Å². The summed E-state index contributed by atoms with van der Waals surface area (Å²) in [6, 6.07) is 0. The summed E-state index contributed by atoms with van der Waals surface area (Å²) in [4.78, 5) is 11.2. The van der Waals surface area contributed by atoms with Gasteiger partial charge in [-0.05, 0) is 19.8 Å². The zero-order valence-corrected chi connectivity index (χ0v) is 7.21. The number of hydrogen-bond donors (Lipinski definition) is 3. The summed E-state index contributed by atoms with van der Waals surface area (Å²) in [6.45, 7) is 1.15. The minimum Gasteiger partial charge on any atom is -0.394 e. The van der Waals surface area contributed by atoms with E-state index in [4.69, 9.17) is 10.2 Å². The Labute approximate surface area is 71.6 Å². The van der Waals surface area contributed by atoms with Gasteiger partial charge in [0.1, 0.15) is 0 Å². The van der Waals surface area contributed by atoms with Gasteiger partial charge in [-0.3, -0.25) is 4.79 Å². The lowest BCUT2D eigenvalue weighted by atomic mass is 10.1. The van der Waals surface area contributed by atoms with Gasteiger partial charge in [-0.1, -0.05) is 0 Å². The second-order valence-electron chi connectivity index (χ2n) is 3.64. The van der Waals surface area contributed by atoms with Crippen molar-refractivity contribution in [2.45, 2.75) is 25.3 Å². The highest BCUT2D eigenvalue weighted by Gasteiger charge is 2.34. The van der Waals surface area contributed by atoms with E-state index in [1.54, 1.807) is 6.92 Å².